The minimum atomic E-state index is -0.0109. The summed E-state index contributed by atoms with van der Waals surface area (Å²) in [7, 11) is 0. The number of aromatic nitrogens is 3. The monoisotopic (exact) mass is 340 g/mol. The second-order valence-electron chi connectivity index (χ2n) is 6.60. The van der Waals surface area contributed by atoms with Crippen molar-refractivity contribution in [2.45, 2.75) is 39.7 Å². The van der Waals surface area contributed by atoms with Crippen molar-refractivity contribution in [1.29, 1.82) is 0 Å². The van der Waals surface area contributed by atoms with Crippen molar-refractivity contribution in [2.24, 2.45) is 5.92 Å². The van der Waals surface area contributed by atoms with Crippen molar-refractivity contribution in [3.63, 3.8) is 0 Å². The van der Waals surface area contributed by atoms with Gasteiger partial charge in [-0.15, -0.1) is 11.3 Å². The standard InChI is InChI=1S/C18H20N4OS/c1-11-3-4-15-13(7-11)8-16(24-15)17(23)19-9-14-10-22-6-5-12(2)20-18(22)21-14/h5-6,8,10-11H,3-4,7,9H2,1-2H3,(H,19,23)/t11-/m1/s1. The highest BCUT2D eigenvalue weighted by Crippen LogP contribution is 2.32. The molecule has 0 fully saturated rings. The Bertz CT molecular complexity index is 911. The van der Waals surface area contributed by atoms with Gasteiger partial charge in [-0.2, -0.15) is 0 Å². The number of hydrogen-bond acceptors (Lipinski definition) is 4. The van der Waals surface area contributed by atoms with E-state index < -0.39 is 0 Å². The van der Waals surface area contributed by atoms with E-state index in [1.54, 1.807) is 11.3 Å². The average Bonchev–Trinajstić information content (AvgIpc) is 3.15. The van der Waals surface area contributed by atoms with Crippen LogP contribution in [0.3, 0.4) is 0 Å². The van der Waals surface area contributed by atoms with E-state index >= 15 is 0 Å². The van der Waals surface area contributed by atoms with E-state index in [0.29, 0.717) is 12.3 Å². The third kappa shape index (κ3) is 2.94. The first kappa shape index (κ1) is 15.3. The lowest BCUT2D eigenvalue weighted by molar-refractivity contribution is 0.0954. The highest BCUT2D eigenvalue weighted by atomic mass is 32.1. The van der Waals surface area contributed by atoms with Crippen LogP contribution in [0.2, 0.25) is 0 Å². The van der Waals surface area contributed by atoms with Crippen LogP contribution >= 0.6 is 11.3 Å². The highest BCUT2D eigenvalue weighted by Gasteiger charge is 2.20. The van der Waals surface area contributed by atoms with Crippen molar-refractivity contribution in [3.8, 4) is 0 Å². The van der Waals surface area contributed by atoms with Gasteiger partial charge in [0.15, 0.2) is 0 Å². The molecule has 0 radical (unpaired) electrons. The summed E-state index contributed by atoms with van der Waals surface area (Å²) in [4.78, 5) is 23.5. The summed E-state index contributed by atoms with van der Waals surface area (Å²) >= 11 is 1.64. The summed E-state index contributed by atoms with van der Waals surface area (Å²) in [5.74, 6) is 1.38. The molecule has 3 aromatic heterocycles. The molecule has 4 rings (SSSR count). The van der Waals surface area contributed by atoms with Crippen molar-refractivity contribution in [1.82, 2.24) is 19.7 Å². The molecule has 1 amide bonds. The summed E-state index contributed by atoms with van der Waals surface area (Å²) in [6.45, 7) is 4.63. The second kappa shape index (κ2) is 6.02. The molecule has 1 aliphatic rings. The van der Waals surface area contributed by atoms with Gasteiger partial charge < -0.3 is 5.32 Å². The molecule has 0 saturated carbocycles. The maximum atomic E-state index is 12.4. The van der Waals surface area contributed by atoms with Crippen molar-refractivity contribution >= 4 is 23.0 Å². The number of thiophene rings is 1. The summed E-state index contributed by atoms with van der Waals surface area (Å²) in [6, 6.07) is 4.01. The number of nitrogens with zero attached hydrogens (tertiary/aromatic N) is 3. The SMILES string of the molecule is Cc1ccn2cc(CNC(=O)c3cc4c(s3)CC[C@@H](C)C4)nc2n1. The molecule has 0 aliphatic heterocycles. The molecule has 3 heterocycles. The first-order valence-electron chi connectivity index (χ1n) is 8.29. The molecule has 0 aromatic carbocycles. The van der Waals surface area contributed by atoms with Crippen LogP contribution in [0.5, 0.6) is 0 Å². The number of rotatable bonds is 3. The van der Waals surface area contributed by atoms with E-state index in [1.807, 2.05) is 29.8 Å². The van der Waals surface area contributed by atoms with Gasteiger partial charge in [-0.3, -0.25) is 9.20 Å². The number of fused-ring (bicyclic) bond motifs is 2. The number of nitrogens with one attached hydrogen (secondary N) is 1. The first-order chi connectivity index (χ1) is 11.6. The summed E-state index contributed by atoms with van der Waals surface area (Å²) in [6.07, 6.45) is 7.26. The Morgan fingerprint density at radius 1 is 1.46 bits per heavy atom. The molecule has 1 aliphatic carbocycles. The van der Waals surface area contributed by atoms with Gasteiger partial charge in [-0.1, -0.05) is 6.92 Å². The van der Waals surface area contributed by atoms with Crippen LogP contribution in [-0.4, -0.2) is 20.3 Å². The van der Waals surface area contributed by atoms with Gasteiger partial charge in [-0.25, -0.2) is 9.97 Å². The number of carbonyl (C=O) groups is 1. The average molecular weight is 340 g/mol. The zero-order valence-corrected chi connectivity index (χ0v) is 14.7. The number of carbonyl (C=O) groups excluding carboxylic acids is 1. The summed E-state index contributed by atoms with van der Waals surface area (Å²) in [5, 5.41) is 2.98. The third-order valence-electron chi connectivity index (χ3n) is 4.50. The molecule has 0 bridgehead atoms. The van der Waals surface area contributed by atoms with Gasteiger partial charge in [0.2, 0.25) is 5.78 Å². The molecule has 124 valence electrons. The Kier molecular flexibility index (Phi) is 3.84. The minimum Gasteiger partial charge on any atom is -0.346 e. The molecule has 0 saturated heterocycles. The van der Waals surface area contributed by atoms with Gasteiger partial charge >= 0.3 is 0 Å². The summed E-state index contributed by atoms with van der Waals surface area (Å²) < 4.78 is 1.87. The third-order valence-corrected chi connectivity index (χ3v) is 5.73. The van der Waals surface area contributed by atoms with Crippen molar-refractivity contribution in [3.05, 3.63) is 51.2 Å². The fourth-order valence-corrected chi connectivity index (χ4v) is 4.29. The molecule has 3 aromatic rings. The number of imidazole rings is 1. The number of aryl methyl sites for hydroxylation is 2. The van der Waals surface area contributed by atoms with Crippen LogP contribution in [0, 0.1) is 12.8 Å². The number of hydrogen-bond donors (Lipinski definition) is 1. The minimum absolute atomic E-state index is 0.0109. The Hall–Kier alpha value is -2.21. The molecule has 0 unspecified atom stereocenters. The molecule has 1 N–H and O–H groups in total. The van der Waals surface area contributed by atoms with E-state index in [0.717, 1.165) is 35.0 Å². The van der Waals surface area contributed by atoms with E-state index in [-0.39, 0.29) is 5.91 Å². The first-order valence-corrected chi connectivity index (χ1v) is 9.11. The van der Waals surface area contributed by atoms with Crippen molar-refractivity contribution in [2.75, 3.05) is 0 Å². The van der Waals surface area contributed by atoms with E-state index in [9.17, 15) is 4.79 Å². The maximum absolute atomic E-state index is 12.4. The Morgan fingerprint density at radius 3 is 3.21 bits per heavy atom. The van der Waals surface area contributed by atoms with Crippen LogP contribution in [0.4, 0.5) is 0 Å². The largest absolute Gasteiger partial charge is 0.346 e. The number of amides is 1. The van der Waals surface area contributed by atoms with Gasteiger partial charge in [0, 0.05) is 23.0 Å². The van der Waals surface area contributed by atoms with Gasteiger partial charge in [0.1, 0.15) is 0 Å². The highest BCUT2D eigenvalue weighted by molar-refractivity contribution is 7.14. The fraction of sp³-hybridized carbons (Fsp3) is 0.389. The van der Waals surface area contributed by atoms with Gasteiger partial charge in [-0.05, 0) is 49.8 Å². The lowest BCUT2D eigenvalue weighted by Gasteiger charge is -2.16. The zero-order chi connectivity index (χ0) is 16.7. The normalized spacial score (nSPS) is 17.0. The van der Waals surface area contributed by atoms with Crippen LogP contribution in [0.25, 0.3) is 5.78 Å². The predicted molar refractivity (Wildman–Crippen MR) is 94.4 cm³/mol. The molecular weight excluding hydrogens is 320 g/mol. The predicted octanol–water partition coefficient (Wildman–Crippen LogP) is 3.15. The topological polar surface area (TPSA) is 59.3 Å². The molecular formula is C18H20N4OS. The molecule has 6 heteroatoms. The smallest absolute Gasteiger partial charge is 0.261 e. The van der Waals surface area contributed by atoms with Crippen LogP contribution < -0.4 is 5.32 Å². The quantitative estimate of drug-likeness (QED) is 0.797. The maximum Gasteiger partial charge on any atom is 0.261 e. The van der Waals surface area contributed by atoms with Crippen LogP contribution in [0.15, 0.2) is 24.5 Å². The van der Waals surface area contributed by atoms with Crippen LogP contribution in [0.1, 0.15) is 44.8 Å². The van der Waals surface area contributed by atoms with Crippen molar-refractivity contribution < 1.29 is 4.79 Å². The van der Waals surface area contributed by atoms with Gasteiger partial charge in [0.05, 0.1) is 17.1 Å². The second-order valence-corrected chi connectivity index (χ2v) is 7.73. The lowest BCUT2D eigenvalue weighted by Crippen LogP contribution is -2.21. The van der Waals surface area contributed by atoms with E-state index in [2.05, 4.69) is 28.3 Å². The fourth-order valence-electron chi connectivity index (χ4n) is 3.17. The van der Waals surface area contributed by atoms with Crippen LogP contribution in [-0.2, 0) is 19.4 Å². The molecule has 1 atom stereocenters. The Morgan fingerprint density at radius 2 is 2.33 bits per heavy atom. The zero-order valence-electron chi connectivity index (χ0n) is 13.9. The summed E-state index contributed by atoms with van der Waals surface area (Å²) in [5.41, 5.74) is 3.11. The molecule has 5 nitrogen and oxygen atoms in total. The van der Waals surface area contributed by atoms with E-state index in [4.69, 9.17) is 0 Å². The molecule has 0 spiro atoms. The Labute approximate surface area is 144 Å². The van der Waals surface area contributed by atoms with Gasteiger partial charge in [0.25, 0.3) is 5.91 Å². The molecule has 24 heavy (non-hydrogen) atoms. The van der Waals surface area contributed by atoms with E-state index in [1.165, 1.54) is 16.9 Å². The lowest BCUT2D eigenvalue weighted by atomic mass is 9.90. The Balaban J connectivity index is 1.46.